The Hall–Kier alpha value is -4.07. The average molecular weight is 477 g/mol. The van der Waals surface area contributed by atoms with E-state index in [9.17, 15) is 14.0 Å². The lowest BCUT2D eigenvalue weighted by Gasteiger charge is -2.30. The van der Waals surface area contributed by atoms with Crippen molar-refractivity contribution < 1.29 is 18.7 Å². The molecule has 35 heavy (non-hydrogen) atoms. The van der Waals surface area contributed by atoms with Crippen LogP contribution < -0.4 is 21.7 Å². The van der Waals surface area contributed by atoms with Crippen LogP contribution in [-0.4, -0.2) is 47.7 Å². The molecule has 1 aliphatic rings. The zero-order chi connectivity index (χ0) is 24.8. The standard InChI is InChI=1S/C25H25FN6O3/c1-35-21(33)11-9-19-18-3-2-12-28-22(18)23(32-20-10-8-17(27)14-29-20)24(31-19)25(34)30-13-15-4-6-16(26)7-5-15/h2-7,12,17,20,29,32H,8,10,13-14,27H2,1H3,(H,30,34)/t17-,20-/m0/s1. The normalized spacial score (nSPS) is 17.2. The van der Waals surface area contributed by atoms with Crippen molar-refractivity contribution in [2.45, 2.75) is 31.6 Å². The Kier molecular flexibility index (Phi) is 7.50. The number of anilines is 1. The predicted octanol–water partition coefficient (Wildman–Crippen LogP) is 1.67. The summed E-state index contributed by atoms with van der Waals surface area (Å²) in [4.78, 5) is 33.9. The number of methoxy groups -OCH3 is 1. The van der Waals surface area contributed by atoms with Crippen LogP contribution in [0.25, 0.3) is 10.9 Å². The van der Waals surface area contributed by atoms with Crippen LogP contribution in [-0.2, 0) is 16.1 Å². The van der Waals surface area contributed by atoms with Gasteiger partial charge in [-0.1, -0.05) is 12.1 Å². The van der Waals surface area contributed by atoms with Crippen LogP contribution in [0.5, 0.6) is 0 Å². The molecule has 5 N–H and O–H groups in total. The van der Waals surface area contributed by atoms with Gasteiger partial charge in [-0.15, -0.1) is 0 Å². The van der Waals surface area contributed by atoms with Gasteiger partial charge in [-0.05, 0) is 48.6 Å². The van der Waals surface area contributed by atoms with Crippen molar-refractivity contribution in [2.24, 2.45) is 5.73 Å². The van der Waals surface area contributed by atoms with Gasteiger partial charge in [-0.3, -0.25) is 15.1 Å². The minimum Gasteiger partial charge on any atom is -0.459 e. The molecule has 3 aromatic rings. The molecule has 9 nitrogen and oxygen atoms in total. The number of benzene rings is 1. The van der Waals surface area contributed by atoms with E-state index in [1.54, 1.807) is 30.5 Å². The van der Waals surface area contributed by atoms with E-state index >= 15 is 0 Å². The summed E-state index contributed by atoms with van der Waals surface area (Å²) in [6.07, 6.45) is 3.03. The SMILES string of the molecule is COC(=O)C#Cc1nc(C(=O)NCc2ccc(F)cc2)c(N[C@H]2CC[C@H](N)CN2)c2ncccc12. The number of nitrogens with one attached hydrogen (secondary N) is 3. The molecule has 2 atom stereocenters. The Balaban J connectivity index is 1.73. The number of nitrogens with two attached hydrogens (primary N) is 1. The van der Waals surface area contributed by atoms with Crippen LogP contribution in [0.2, 0.25) is 0 Å². The van der Waals surface area contributed by atoms with Crippen molar-refractivity contribution in [3.63, 3.8) is 0 Å². The molecule has 0 saturated carbocycles. The number of rotatable bonds is 5. The highest BCUT2D eigenvalue weighted by atomic mass is 19.1. The zero-order valence-corrected chi connectivity index (χ0v) is 19.1. The van der Waals surface area contributed by atoms with Gasteiger partial charge in [0.15, 0.2) is 5.69 Å². The Morgan fingerprint density at radius 3 is 2.77 bits per heavy atom. The maximum atomic E-state index is 13.3. The lowest BCUT2D eigenvalue weighted by Crippen LogP contribution is -2.49. The molecule has 1 saturated heterocycles. The number of fused-ring (bicyclic) bond motifs is 1. The number of carbonyl (C=O) groups excluding carboxylic acids is 2. The van der Waals surface area contributed by atoms with Gasteiger partial charge in [0.05, 0.1) is 24.5 Å². The summed E-state index contributed by atoms with van der Waals surface area (Å²) < 4.78 is 17.8. The molecule has 0 radical (unpaired) electrons. The number of halogens is 1. The second kappa shape index (κ2) is 10.9. The highest BCUT2D eigenvalue weighted by molar-refractivity contribution is 6.06. The largest absolute Gasteiger partial charge is 0.459 e. The van der Waals surface area contributed by atoms with Crippen molar-refractivity contribution >= 4 is 28.5 Å². The third-order valence-corrected chi connectivity index (χ3v) is 5.58. The fraction of sp³-hybridized carbons (Fsp3) is 0.280. The van der Waals surface area contributed by atoms with E-state index in [0.717, 1.165) is 18.4 Å². The number of nitrogens with zero attached hydrogens (tertiary/aromatic N) is 2. The Morgan fingerprint density at radius 2 is 2.06 bits per heavy atom. The van der Waals surface area contributed by atoms with E-state index in [1.165, 1.54) is 19.2 Å². The van der Waals surface area contributed by atoms with Crippen LogP contribution >= 0.6 is 0 Å². The maximum absolute atomic E-state index is 13.3. The summed E-state index contributed by atoms with van der Waals surface area (Å²) in [5.41, 5.74) is 7.94. The monoisotopic (exact) mass is 476 g/mol. The van der Waals surface area contributed by atoms with Gasteiger partial charge in [-0.25, -0.2) is 14.2 Å². The van der Waals surface area contributed by atoms with Crippen LogP contribution in [0.3, 0.4) is 0 Å². The fourth-order valence-corrected chi connectivity index (χ4v) is 3.74. The summed E-state index contributed by atoms with van der Waals surface area (Å²) in [5.74, 6) is 3.49. The van der Waals surface area contributed by atoms with E-state index in [0.29, 0.717) is 23.1 Å². The van der Waals surface area contributed by atoms with Gasteiger partial charge < -0.3 is 21.1 Å². The minimum absolute atomic E-state index is 0.0653. The van der Waals surface area contributed by atoms with Crippen LogP contribution in [0, 0.1) is 17.7 Å². The number of carbonyl (C=O) groups is 2. The van der Waals surface area contributed by atoms with Crippen molar-refractivity contribution in [3.8, 4) is 11.8 Å². The molecule has 10 heteroatoms. The van der Waals surface area contributed by atoms with Gasteiger partial charge in [0.25, 0.3) is 5.91 Å². The first-order valence-corrected chi connectivity index (χ1v) is 11.1. The first-order chi connectivity index (χ1) is 16.9. The van der Waals surface area contributed by atoms with Crippen LogP contribution in [0.15, 0.2) is 42.6 Å². The van der Waals surface area contributed by atoms with Gasteiger partial charge in [-0.2, -0.15) is 0 Å². The van der Waals surface area contributed by atoms with Crippen LogP contribution in [0.4, 0.5) is 10.1 Å². The molecule has 1 amide bonds. The van der Waals surface area contributed by atoms with E-state index in [-0.39, 0.29) is 36.0 Å². The number of pyridine rings is 2. The zero-order valence-electron chi connectivity index (χ0n) is 19.1. The van der Waals surface area contributed by atoms with E-state index in [1.807, 2.05) is 0 Å². The van der Waals surface area contributed by atoms with Gasteiger partial charge in [0.2, 0.25) is 0 Å². The summed E-state index contributed by atoms with van der Waals surface area (Å²) in [6.45, 7) is 0.797. The van der Waals surface area contributed by atoms with Gasteiger partial charge in [0, 0.05) is 36.6 Å². The lowest BCUT2D eigenvalue weighted by atomic mass is 10.0. The number of amides is 1. The van der Waals surface area contributed by atoms with E-state index in [4.69, 9.17) is 5.73 Å². The quantitative estimate of drug-likeness (QED) is 0.323. The first kappa shape index (κ1) is 24.1. The second-order valence-electron chi connectivity index (χ2n) is 8.08. The van der Waals surface area contributed by atoms with Gasteiger partial charge in [0.1, 0.15) is 11.5 Å². The smallest absolute Gasteiger partial charge is 0.384 e. The Labute approximate surface area is 201 Å². The average Bonchev–Trinajstić information content (AvgIpc) is 2.88. The molecule has 180 valence electrons. The molecule has 3 heterocycles. The molecule has 2 aromatic heterocycles. The van der Waals surface area contributed by atoms with E-state index < -0.39 is 11.9 Å². The number of piperidine rings is 1. The Morgan fingerprint density at radius 1 is 1.26 bits per heavy atom. The highest BCUT2D eigenvalue weighted by Gasteiger charge is 2.24. The van der Waals surface area contributed by atoms with Crippen molar-refractivity contribution in [2.75, 3.05) is 19.0 Å². The van der Waals surface area contributed by atoms with Crippen molar-refractivity contribution in [3.05, 3.63) is 65.4 Å². The van der Waals surface area contributed by atoms with Crippen LogP contribution in [0.1, 0.15) is 34.6 Å². The molecule has 0 spiro atoms. The number of ether oxygens (including phenoxy) is 1. The lowest BCUT2D eigenvalue weighted by molar-refractivity contribution is -0.133. The third-order valence-electron chi connectivity index (χ3n) is 5.58. The molecule has 1 aliphatic heterocycles. The number of aromatic nitrogens is 2. The molecule has 0 unspecified atom stereocenters. The molecular formula is C25H25FN6O3. The molecule has 0 bridgehead atoms. The summed E-state index contributed by atoms with van der Waals surface area (Å²) in [5, 5.41) is 10.1. The van der Waals surface area contributed by atoms with Gasteiger partial charge >= 0.3 is 5.97 Å². The van der Waals surface area contributed by atoms with Crippen molar-refractivity contribution in [1.29, 1.82) is 0 Å². The predicted molar refractivity (Wildman–Crippen MR) is 129 cm³/mol. The molecular weight excluding hydrogens is 451 g/mol. The van der Waals surface area contributed by atoms with Crippen molar-refractivity contribution in [1.82, 2.24) is 20.6 Å². The summed E-state index contributed by atoms with van der Waals surface area (Å²) in [6, 6.07) is 9.39. The first-order valence-electron chi connectivity index (χ1n) is 11.1. The second-order valence-corrected chi connectivity index (χ2v) is 8.08. The molecule has 1 aromatic carbocycles. The number of hydrogen-bond acceptors (Lipinski definition) is 8. The number of hydrogen-bond donors (Lipinski definition) is 4. The van der Waals surface area contributed by atoms with E-state index in [2.05, 4.69) is 42.5 Å². The fourth-order valence-electron chi connectivity index (χ4n) is 3.74. The Bertz CT molecular complexity index is 1290. The summed E-state index contributed by atoms with van der Waals surface area (Å²) >= 11 is 0. The maximum Gasteiger partial charge on any atom is 0.384 e. The minimum atomic E-state index is -0.726. The summed E-state index contributed by atoms with van der Waals surface area (Å²) in [7, 11) is 1.23. The molecule has 1 fully saturated rings. The highest BCUT2D eigenvalue weighted by Crippen LogP contribution is 2.28. The topological polar surface area (TPSA) is 131 Å². The molecule has 0 aliphatic carbocycles. The number of esters is 1. The third kappa shape index (κ3) is 5.90. The molecule has 4 rings (SSSR count).